The van der Waals surface area contributed by atoms with Gasteiger partial charge in [0.1, 0.15) is 12.1 Å². The molecule has 0 amide bonds. The van der Waals surface area contributed by atoms with Gasteiger partial charge in [0.05, 0.1) is 11.7 Å². The Hall–Kier alpha value is -3.41. The van der Waals surface area contributed by atoms with Crippen LogP contribution in [0.15, 0.2) is 61.2 Å². The summed E-state index contributed by atoms with van der Waals surface area (Å²) in [5.41, 5.74) is 10.4. The van der Waals surface area contributed by atoms with Gasteiger partial charge >= 0.3 is 0 Å². The highest BCUT2D eigenvalue weighted by atomic mass is 15.2. The zero-order valence-corrected chi connectivity index (χ0v) is 13.1. The van der Waals surface area contributed by atoms with Gasteiger partial charge in [-0.05, 0) is 35.9 Å². The maximum atomic E-state index is 5.83. The Morgan fingerprint density at radius 1 is 1.04 bits per heavy atom. The Morgan fingerprint density at radius 2 is 1.96 bits per heavy atom. The van der Waals surface area contributed by atoms with Gasteiger partial charge < -0.3 is 11.1 Å². The van der Waals surface area contributed by atoms with Crippen LogP contribution in [-0.4, -0.2) is 19.7 Å². The molecule has 0 atom stereocenters. The fraction of sp³-hybridized carbons (Fsp3) is 0.0556. The quantitative estimate of drug-likeness (QED) is 0.566. The Morgan fingerprint density at radius 3 is 2.75 bits per heavy atom. The van der Waals surface area contributed by atoms with Crippen LogP contribution in [0.25, 0.3) is 22.0 Å². The van der Waals surface area contributed by atoms with Crippen molar-refractivity contribution in [3.05, 3.63) is 61.2 Å². The van der Waals surface area contributed by atoms with Crippen molar-refractivity contribution in [1.82, 2.24) is 19.7 Å². The molecule has 0 fully saturated rings. The zero-order valence-electron chi connectivity index (χ0n) is 13.1. The van der Waals surface area contributed by atoms with Crippen LogP contribution in [-0.2, 0) is 7.05 Å². The van der Waals surface area contributed by atoms with Gasteiger partial charge in [-0.1, -0.05) is 12.1 Å². The minimum absolute atomic E-state index is 0.706. The number of fused-ring (bicyclic) bond motifs is 1. The first-order valence-corrected chi connectivity index (χ1v) is 7.55. The van der Waals surface area contributed by atoms with Crippen molar-refractivity contribution >= 4 is 28.1 Å². The third kappa shape index (κ3) is 2.65. The number of anilines is 3. The first-order valence-electron chi connectivity index (χ1n) is 7.55. The monoisotopic (exact) mass is 316 g/mol. The van der Waals surface area contributed by atoms with Crippen molar-refractivity contribution in [2.45, 2.75) is 0 Å². The molecule has 2 heterocycles. The van der Waals surface area contributed by atoms with E-state index in [1.54, 1.807) is 11.0 Å². The second kappa shape index (κ2) is 5.66. The number of aryl methyl sites for hydroxylation is 1. The zero-order chi connectivity index (χ0) is 16.5. The van der Waals surface area contributed by atoms with Crippen LogP contribution in [0, 0.1) is 0 Å². The molecule has 118 valence electrons. The van der Waals surface area contributed by atoms with Crippen LogP contribution < -0.4 is 11.1 Å². The van der Waals surface area contributed by atoms with E-state index >= 15 is 0 Å². The average molecular weight is 316 g/mol. The van der Waals surface area contributed by atoms with E-state index in [2.05, 4.69) is 20.4 Å². The Bertz CT molecular complexity index is 1020. The van der Waals surface area contributed by atoms with Crippen molar-refractivity contribution in [2.75, 3.05) is 11.1 Å². The summed E-state index contributed by atoms with van der Waals surface area (Å²) < 4.78 is 1.78. The Balaban J connectivity index is 1.75. The summed E-state index contributed by atoms with van der Waals surface area (Å²) in [6, 6.07) is 13.7. The largest absolute Gasteiger partial charge is 0.399 e. The minimum Gasteiger partial charge on any atom is -0.399 e. The maximum absolute atomic E-state index is 5.83. The SMILES string of the molecule is Cn1cc(-c2ccc3c(Nc4cccc(N)c4)ncnc3c2)cn1. The maximum Gasteiger partial charge on any atom is 0.141 e. The number of nitrogens with zero attached hydrogens (tertiary/aromatic N) is 4. The normalized spacial score (nSPS) is 10.9. The van der Waals surface area contributed by atoms with Crippen molar-refractivity contribution in [3.8, 4) is 11.1 Å². The number of rotatable bonds is 3. The average Bonchev–Trinajstić information content (AvgIpc) is 3.01. The van der Waals surface area contributed by atoms with E-state index in [1.807, 2.05) is 61.9 Å². The minimum atomic E-state index is 0.706. The molecule has 0 spiro atoms. The third-order valence-electron chi connectivity index (χ3n) is 3.82. The van der Waals surface area contributed by atoms with E-state index in [4.69, 9.17) is 5.73 Å². The van der Waals surface area contributed by atoms with Crippen molar-refractivity contribution < 1.29 is 0 Å². The lowest BCUT2D eigenvalue weighted by Gasteiger charge is -2.09. The topological polar surface area (TPSA) is 81.7 Å². The summed E-state index contributed by atoms with van der Waals surface area (Å²) in [5.74, 6) is 0.753. The summed E-state index contributed by atoms with van der Waals surface area (Å²) in [6.07, 6.45) is 5.38. The Labute approximate surface area is 139 Å². The smallest absolute Gasteiger partial charge is 0.141 e. The van der Waals surface area contributed by atoms with E-state index < -0.39 is 0 Å². The molecule has 0 bridgehead atoms. The highest BCUT2D eigenvalue weighted by Gasteiger charge is 2.07. The van der Waals surface area contributed by atoms with Crippen LogP contribution >= 0.6 is 0 Å². The number of nitrogens with two attached hydrogens (primary N) is 1. The van der Waals surface area contributed by atoms with Gasteiger partial charge in [0, 0.05) is 35.6 Å². The number of hydrogen-bond donors (Lipinski definition) is 2. The summed E-state index contributed by atoms with van der Waals surface area (Å²) in [7, 11) is 1.90. The Kier molecular flexibility index (Phi) is 3.35. The molecule has 6 heteroatoms. The molecule has 0 aliphatic heterocycles. The van der Waals surface area contributed by atoms with Gasteiger partial charge in [-0.2, -0.15) is 5.10 Å². The van der Waals surface area contributed by atoms with Crippen LogP contribution in [0.4, 0.5) is 17.2 Å². The first-order chi connectivity index (χ1) is 11.7. The van der Waals surface area contributed by atoms with Crippen LogP contribution in [0.5, 0.6) is 0 Å². The molecule has 2 aromatic carbocycles. The molecule has 0 radical (unpaired) electrons. The van der Waals surface area contributed by atoms with Gasteiger partial charge in [0.2, 0.25) is 0 Å². The number of aromatic nitrogens is 4. The first kappa shape index (κ1) is 14.2. The fourth-order valence-corrected chi connectivity index (χ4v) is 2.66. The molecule has 2 aromatic heterocycles. The van der Waals surface area contributed by atoms with E-state index in [9.17, 15) is 0 Å². The summed E-state index contributed by atoms with van der Waals surface area (Å²) in [6.45, 7) is 0. The van der Waals surface area contributed by atoms with Gasteiger partial charge in [-0.25, -0.2) is 9.97 Å². The predicted octanol–water partition coefficient (Wildman–Crippen LogP) is 3.36. The molecule has 24 heavy (non-hydrogen) atoms. The van der Waals surface area contributed by atoms with E-state index in [0.29, 0.717) is 5.69 Å². The molecule has 4 rings (SSSR count). The molecule has 0 aliphatic rings. The molecule has 0 saturated heterocycles. The molecule has 6 nitrogen and oxygen atoms in total. The van der Waals surface area contributed by atoms with E-state index in [1.165, 1.54) is 0 Å². The summed E-state index contributed by atoms with van der Waals surface area (Å²) in [4.78, 5) is 8.75. The standard InChI is InChI=1S/C18H16N6/c1-24-10-13(9-22-24)12-5-6-16-17(7-12)20-11-21-18(16)23-15-4-2-3-14(19)8-15/h2-11H,19H2,1H3,(H,20,21,23). The summed E-state index contributed by atoms with van der Waals surface area (Å²) in [5, 5.41) is 8.47. The number of hydrogen-bond acceptors (Lipinski definition) is 5. The van der Waals surface area contributed by atoms with Gasteiger partial charge in [0.25, 0.3) is 0 Å². The van der Waals surface area contributed by atoms with E-state index in [0.717, 1.165) is 33.5 Å². The van der Waals surface area contributed by atoms with Gasteiger partial charge in [-0.15, -0.1) is 0 Å². The lowest BCUT2D eigenvalue weighted by Crippen LogP contribution is -1.97. The second-order valence-corrected chi connectivity index (χ2v) is 5.61. The molecule has 3 N–H and O–H groups in total. The number of benzene rings is 2. The molecule has 0 unspecified atom stereocenters. The lowest BCUT2D eigenvalue weighted by molar-refractivity contribution is 0.768. The number of nitrogen functional groups attached to an aromatic ring is 1. The van der Waals surface area contributed by atoms with Crippen molar-refractivity contribution in [3.63, 3.8) is 0 Å². The van der Waals surface area contributed by atoms with Gasteiger partial charge in [0.15, 0.2) is 0 Å². The third-order valence-corrected chi connectivity index (χ3v) is 3.82. The lowest BCUT2D eigenvalue weighted by atomic mass is 10.1. The van der Waals surface area contributed by atoms with Crippen molar-refractivity contribution in [1.29, 1.82) is 0 Å². The highest BCUT2D eigenvalue weighted by molar-refractivity contribution is 5.93. The van der Waals surface area contributed by atoms with Gasteiger partial charge in [-0.3, -0.25) is 4.68 Å². The second-order valence-electron chi connectivity index (χ2n) is 5.61. The molecule has 0 saturated carbocycles. The van der Waals surface area contributed by atoms with E-state index in [-0.39, 0.29) is 0 Å². The van der Waals surface area contributed by atoms with Crippen LogP contribution in [0.3, 0.4) is 0 Å². The highest BCUT2D eigenvalue weighted by Crippen LogP contribution is 2.28. The molecule has 0 aliphatic carbocycles. The van der Waals surface area contributed by atoms with Crippen LogP contribution in [0.1, 0.15) is 0 Å². The molecular weight excluding hydrogens is 300 g/mol. The predicted molar refractivity (Wildman–Crippen MR) is 95.9 cm³/mol. The molecular formula is C18H16N6. The number of nitrogens with one attached hydrogen (secondary N) is 1. The molecule has 4 aromatic rings. The fourth-order valence-electron chi connectivity index (χ4n) is 2.66. The summed E-state index contributed by atoms with van der Waals surface area (Å²) >= 11 is 0. The van der Waals surface area contributed by atoms with Crippen molar-refractivity contribution in [2.24, 2.45) is 7.05 Å². The van der Waals surface area contributed by atoms with Crippen LogP contribution in [0.2, 0.25) is 0 Å².